The second-order valence-electron chi connectivity index (χ2n) is 9.45. The Labute approximate surface area is 182 Å². The summed E-state index contributed by atoms with van der Waals surface area (Å²) in [4.78, 5) is 39.8. The maximum Gasteiger partial charge on any atom is 0.322 e. The van der Waals surface area contributed by atoms with Crippen LogP contribution in [-0.4, -0.2) is 35.5 Å². The van der Waals surface area contributed by atoms with Crippen molar-refractivity contribution in [2.24, 2.45) is 11.8 Å². The van der Waals surface area contributed by atoms with Crippen molar-refractivity contribution >= 4 is 22.9 Å². The highest BCUT2D eigenvalue weighted by Gasteiger charge is 2.51. The van der Waals surface area contributed by atoms with Gasteiger partial charge in [0.05, 0.1) is 11.6 Å². The first-order valence-electron chi connectivity index (χ1n) is 11.2. The van der Waals surface area contributed by atoms with E-state index in [1.54, 1.807) is 6.26 Å². The maximum absolute atomic E-state index is 12.9. The molecule has 7 nitrogen and oxygen atoms in total. The Balaban J connectivity index is 1.46. The van der Waals surface area contributed by atoms with E-state index in [1.165, 1.54) is 0 Å². The van der Waals surface area contributed by atoms with Gasteiger partial charge in [-0.1, -0.05) is 25.5 Å². The zero-order valence-corrected chi connectivity index (χ0v) is 18.5. The molecule has 0 radical (unpaired) electrons. The smallest absolute Gasteiger partial charge is 0.322 e. The third-order valence-corrected chi connectivity index (χ3v) is 6.76. The number of fused-ring (bicyclic) bond motifs is 1. The fraction of sp³-hybridized carbons (Fsp3) is 0.542. The van der Waals surface area contributed by atoms with E-state index in [2.05, 4.69) is 29.4 Å². The molecular weight excluding hydrogens is 394 g/mol. The van der Waals surface area contributed by atoms with Crippen LogP contribution in [0.25, 0.3) is 11.0 Å². The Hall–Kier alpha value is -2.67. The van der Waals surface area contributed by atoms with Crippen LogP contribution in [0.1, 0.15) is 50.7 Å². The summed E-state index contributed by atoms with van der Waals surface area (Å²) in [6, 6.07) is 5.25. The molecule has 2 saturated heterocycles. The van der Waals surface area contributed by atoms with Gasteiger partial charge in [-0.05, 0) is 69.7 Å². The van der Waals surface area contributed by atoms with E-state index in [0.29, 0.717) is 35.4 Å². The molecule has 0 saturated carbocycles. The van der Waals surface area contributed by atoms with Crippen molar-refractivity contribution in [2.75, 3.05) is 13.1 Å². The highest BCUT2D eigenvalue weighted by molar-refractivity contribution is 6.07. The van der Waals surface area contributed by atoms with Crippen molar-refractivity contribution < 1.29 is 14.0 Å². The van der Waals surface area contributed by atoms with Crippen LogP contribution in [0.5, 0.6) is 0 Å². The van der Waals surface area contributed by atoms with E-state index in [1.807, 2.05) is 25.1 Å². The molecule has 31 heavy (non-hydrogen) atoms. The molecule has 7 heteroatoms. The second kappa shape index (κ2) is 8.46. The summed E-state index contributed by atoms with van der Waals surface area (Å²) in [6.45, 7) is 8.27. The zero-order valence-electron chi connectivity index (χ0n) is 18.5. The van der Waals surface area contributed by atoms with Crippen molar-refractivity contribution in [3.8, 4) is 0 Å². The fourth-order valence-electron chi connectivity index (χ4n) is 4.91. The average Bonchev–Trinajstić information content (AvgIpc) is 3.03. The fourth-order valence-corrected chi connectivity index (χ4v) is 4.91. The molecule has 2 fully saturated rings. The topological polar surface area (TPSA) is 91.7 Å². The van der Waals surface area contributed by atoms with Crippen LogP contribution in [0.4, 0.5) is 4.79 Å². The number of hydrogen-bond donors (Lipinski definition) is 2. The van der Waals surface area contributed by atoms with Crippen molar-refractivity contribution in [3.05, 3.63) is 45.8 Å². The number of carbonyl (C=O) groups excluding carboxylic acids is 2. The van der Waals surface area contributed by atoms with Gasteiger partial charge >= 0.3 is 6.03 Å². The van der Waals surface area contributed by atoms with Crippen molar-refractivity contribution in [2.45, 2.75) is 58.5 Å². The first kappa shape index (κ1) is 21.6. The SMILES string of the molecule is Cc1ccc2occ(CN3CCC([C@]4(CCC(C)C)NC(=O)NC4=O)CC3)c(=O)c2c1. The van der Waals surface area contributed by atoms with Gasteiger partial charge in [-0.2, -0.15) is 0 Å². The molecule has 3 amide bonds. The Kier molecular flexibility index (Phi) is 5.88. The molecular formula is C24H31N3O4. The molecule has 0 spiro atoms. The molecule has 1 aromatic heterocycles. The third-order valence-electron chi connectivity index (χ3n) is 6.76. The Bertz CT molecular complexity index is 1050. The summed E-state index contributed by atoms with van der Waals surface area (Å²) < 4.78 is 5.69. The number of hydrogen-bond acceptors (Lipinski definition) is 5. The lowest BCUT2D eigenvalue weighted by molar-refractivity contribution is -0.127. The van der Waals surface area contributed by atoms with Gasteiger partial charge < -0.3 is 9.73 Å². The van der Waals surface area contributed by atoms with Gasteiger partial charge in [0.1, 0.15) is 11.1 Å². The van der Waals surface area contributed by atoms with Crippen molar-refractivity contribution in [1.82, 2.24) is 15.5 Å². The number of nitrogens with one attached hydrogen (secondary N) is 2. The number of aryl methyl sites for hydroxylation is 1. The molecule has 0 bridgehead atoms. The van der Waals surface area contributed by atoms with E-state index in [9.17, 15) is 14.4 Å². The van der Waals surface area contributed by atoms with Crippen LogP contribution in [0.15, 0.2) is 33.7 Å². The minimum Gasteiger partial charge on any atom is -0.464 e. The van der Waals surface area contributed by atoms with Gasteiger partial charge in [0.2, 0.25) is 0 Å². The quantitative estimate of drug-likeness (QED) is 0.693. The lowest BCUT2D eigenvalue weighted by atomic mass is 9.74. The predicted octanol–water partition coefficient (Wildman–Crippen LogP) is 3.33. The van der Waals surface area contributed by atoms with E-state index in [4.69, 9.17) is 4.42 Å². The number of carbonyl (C=O) groups is 2. The second-order valence-corrected chi connectivity index (χ2v) is 9.45. The van der Waals surface area contributed by atoms with E-state index >= 15 is 0 Å². The summed E-state index contributed by atoms with van der Waals surface area (Å²) in [7, 11) is 0. The average molecular weight is 426 g/mol. The number of nitrogens with zero attached hydrogens (tertiary/aromatic N) is 1. The Morgan fingerprint density at radius 3 is 2.58 bits per heavy atom. The summed E-state index contributed by atoms with van der Waals surface area (Å²) in [5, 5.41) is 6.03. The molecule has 1 aromatic carbocycles. The molecule has 2 N–H and O–H groups in total. The van der Waals surface area contributed by atoms with Gasteiger partial charge in [0.25, 0.3) is 5.91 Å². The monoisotopic (exact) mass is 425 g/mol. The molecule has 2 aliphatic heterocycles. The molecule has 2 aliphatic rings. The lowest BCUT2D eigenvalue weighted by Gasteiger charge is -2.41. The van der Waals surface area contributed by atoms with Crippen LogP contribution in [0.2, 0.25) is 0 Å². The zero-order chi connectivity index (χ0) is 22.2. The molecule has 0 unspecified atom stereocenters. The van der Waals surface area contributed by atoms with Gasteiger partial charge in [-0.3, -0.25) is 19.8 Å². The highest BCUT2D eigenvalue weighted by Crippen LogP contribution is 2.35. The van der Waals surface area contributed by atoms with Crippen LogP contribution in [-0.2, 0) is 11.3 Å². The molecule has 0 aliphatic carbocycles. The molecule has 3 heterocycles. The lowest BCUT2D eigenvalue weighted by Crippen LogP contribution is -2.56. The predicted molar refractivity (Wildman–Crippen MR) is 119 cm³/mol. The molecule has 1 atom stereocenters. The van der Waals surface area contributed by atoms with Crippen LogP contribution >= 0.6 is 0 Å². The number of imide groups is 1. The number of amides is 3. The minimum absolute atomic E-state index is 0.0166. The normalized spacial score (nSPS) is 22.8. The summed E-state index contributed by atoms with van der Waals surface area (Å²) >= 11 is 0. The van der Waals surface area contributed by atoms with E-state index < -0.39 is 5.54 Å². The number of urea groups is 1. The number of benzene rings is 1. The van der Waals surface area contributed by atoms with Gasteiger partial charge in [0, 0.05) is 12.1 Å². The van der Waals surface area contributed by atoms with Crippen molar-refractivity contribution in [3.63, 3.8) is 0 Å². The summed E-state index contributed by atoms with van der Waals surface area (Å²) in [6.07, 6.45) is 4.69. The highest BCUT2D eigenvalue weighted by atomic mass is 16.3. The number of piperidine rings is 1. The molecule has 2 aromatic rings. The summed E-state index contributed by atoms with van der Waals surface area (Å²) in [5.74, 6) is 0.352. The Morgan fingerprint density at radius 2 is 1.94 bits per heavy atom. The number of rotatable bonds is 6. The Morgan fingerprint density at radius 1 is 1.19 bits per heavy atom. The summed E-state index contributed by atoms with van der Waals surface area (Å²) in [5.41, 5.74) is 1.49. The van der Waals surface area contributed by atoms with E-state index in [0.717, 1.165) is 37.9 Å². The standard InChI is InChI=1S/C24H31N3O4/c1-15(2)6-9-24(22(29)25-23(30)26-24)18-7-10-27(11-8-18)13-17-14-31-20-5-4-16(3)12-19(20)21(17)28/h4-5,12,14-15,18H,6-11,13H2,1-3H3,(H2,25,26,29,30)/t24-/m0/s1. The third kappa shape index (κ3) is 4.24. The minimum atomic E-state index is -0.813. The number of likely N-dealkylation sites (tertiary alicyclic amines) is 1. The van der Waals surface area contributed by atoms with Crippen LogP contribution in [0.3, 0.4) is 0 Å². The van der Waals surface area contributed by atoms with Gasteiger partial charge in [0.15, 0.2) is 5.43 Å². The van der Waals surface area contributed by atoms with Crippen molar-refractivity contribution in [1.29, 1.82) is 0 Å². The first-order chi connectivity index (χ1) is 14.8. The first-order valence-corrected chi connectivity index (χ1v) is 11.2. The molecule has 4 rings (SSSR count). The molecule has 166 valence electrons. The van der Waals surface area contributed by atoms with Crippen LogP contribution < -0.4 is 16.1 Å². The van der Waals surface area contributed by atoms with Crippen LogP contribution in [0, 0.1) is 18.8 Å². The van der Waals surface area contributed by atoms with E-state index in [-0.39, 0.29) is 23.3 Å². The van der Waals surface area contributed by atoms with Gasteiger partial charge in [-0.25, -0.2) is 4.79 Å². The largest absolute Gasteiger partial charge is 0.464 e. The van der Waals surface area contributed by atoms with Gasteiger partial charge in [-0.15, -0.1) is 0 Å². The maximum atomic E-state index is 12.9.